The van der Waals surface area contributed by atoms with Crippen molar-refractivity contribution in [3.05, 3.63) is 32.2 Å². The van der Waals surface area contributed by atoms with Crippen LogP contribution < -0.4 is 5.73 Å². The monoisotopic (exact) mass is 420 g/mol. The normalized spacial score (nSPS) is 10.6. The Morgan fingerprint density at radius 2 is 2.17 bits per heavy atom. The molecule has 0 aliphatic rings. The number of nitrogen functional groups attached to an aromatic ring is 1. The molecule has 94 valence electrons. The van der Waals surface area contributed by atoms with E-state index in [-0.39, 0.29) is 0 Å². The molecule has 0 saturated carbocycles. The van der Waals surface area contributed by atoms with Gasteiger partial charge in [-0.2, -0.15) is 0 Å². The molecule has 2 N–H and O–H groups in total. The zero-order valence-electron chi connectivity index (χ0n) is 9.52. The molecule has 7 heteroatoms. The molecule has 0 spiro atoms. The van der Waals surface area contributed by atoms with Crippen LogP contribution in [0.25, 0.3) is 11.4 Å². The third kappa shape index (κ3) is 2.96. The lowest BCUT2D eigenvalue weighted by molar-refractivity contribution is 0.181. The van der Waals surface area contributed by atoms with Crippen molar-refractivity contribution >= 4 is 44.3 Å². The Bertz CT molecular complexity index is 579. The highest BCUT2D eigenvalue weighted by Gasteiger charge is 2.11. The van der Waals surface area contributed by atoms with E-state index in [0.29, 0.717) is 18.2 Å². The summed E-state index contributed by atoms with van der Waals surface area (Å²) in [6.07, 6.45) is 3.40. The molecule has 18 heavy (non-hydrogen) atoms. The molecular formula is C11H10BrIN4O. The third-order valence-electron chi connectivity index (χ3n) is 2.19. The predicted molar refractivity (Wildman–Crippen MR) is 80.8 cm³/mol. The van der Waals surface area contributed by atoms with Crippen LogP contribution in [0.15, 0.2) is 22.9 Å². The number of hydrogen-bond acceptors (Lipinski definition) is 5. The number of rotatable bonds is 3. The number of pyridine rings is 1. The maximum atomic E-state index is 5.88. The highest BCUT2D eigenvalue weighted by Crippen LogP contribution is 2.23. The summed E-state index contributed by atoms with van der Waals surface area (Å²) in [5, 5.41) is 0. The van der Waals surface area contributed by atoms with Gasteiger partial charge < -0.3 is 10.5 Å². The Kier molecular flexibility index (Phi) is 4.46. The summed E-state index contributed by atoms with van der Waals surface area (Å²) in [6, 6.07) is 1.89. The van der Waals surface area contributed by atoms with E-state index >= 15 is 0 Å². The molecule has 5 nitrogen and oxygen atoms in total. The van der Waals surface area contributed by atoms with Crippen LogP contribution in [0.1, 0.15) is 5.69 Å². The third-order valence-corrected chi connectivity index (χ3v) is 3.80. The second-order valence-electron chi connectivity index (χ2n) is 3.52. The minimum atomic E-state index is 0.402. The number of halogens is 2. The number of nitrogens with zero attached hydrogens (tertiary/aromatic N) is 3. The molecule has 0 atom stereocenters. The largest absolute Gasteiger partial charge is 0.383 e. The lowest BCUT2D eigenvalue weighted by atomic mass is 10.2. The number of anilines is 1. The van der Waals surface area contributed by atoms with Gasteiger partial charge in [0.25, 0.3) is 0 Å². The molecule has 2 heterocycles. The van der Waals surface area contributed by atoms with E-state index in [0.717, 1.165) is 19.3 Å². The van der Waals surface area contributed by atoms with E-state index in [9.17, 15) is 0 Å². The zero-order valence-corrected chi connectivity index (χ0v) is 13.3. The first kappa shape index (κ1) is 13.6. The zero-order chi connectivity index (χ0) is 13.1. The fraction of sp³-hybridized carbons (Fsp3) is 0.182. The quantitative estimate of drug-likeness (QED) is 0.772. The van der Waals surface area contributed by atoms with Gasteiger partial charge in [-0.3, -0.25) is 4.98 Å². The van der Waals surface area contributed by atoms with Gasteiger partial charge in [0, 0.05) is 29.5 Å². The molecule has 0 radical (unpaired) electrons. The standard InChI is InChI=1S/C11H10BrIN4O/c1-18-5-8-9(13)10(14)17-11(16-8)6-2-7(12)4-15-3-6/h2-4H,5H2,1H3,(H2,14,16,17). The molecule has 0 amide bonds. The first-order valence-electron chi connectivity index (χ1n) is 5.03. The summed E-state index contributed by atoms with van der Waals surface area (Å²) < 4.78 is 6.79. The first-order chi connectivity index (χ1) is 8.61. The average molecular weight is 421 g/mol. The van der Waals surface area contributed by atoms with Crippen LogP contribution >= 0.6 is 38.5 Å². The summed E-state index contributed by atoms with van der Waals surface area (Å²) >= 11 is 5.48. The Morgan fingerprint density at radius 3 is 2.83 bits per heavy atom. The lowest BCUT2D eigenvalue weighted by Crippen LogP contribution is -2.06. The summed E-state index contributed by atoms with van der Waals surface area (Å²) in [7, 11) is 1.62. The van der Waals surface area contributed by atoms with Crippen molar-refractivity contribution in [3.63, 3.8) is 0 Å². The van der Waals surface area contributed by atoms with Crippen molar-refractivity contribution in [3.8, 4) is 11.4 Å². The average Bonchev–Trinajstić information content (AvgIpc) is 2.35. The molecule has 0 saturated heterocycles. The smallest absolute Gasteiger partial charge is 0.163 e. The van der Waals surface area contributed by atoms with Crippen LogP contribution in [0.2, 0.25) is 0 Å². The Labute approximate surface area is 126 Å². The Hall–Kier alpha value is -0.800. The second-order valence-corrected chi connectivity index (χ2v) is 5.51. The molecule has 2 aromatic rings. The first-order valence-corrected chi connectivity index (χ1v) is 6.90. The van der Waals surface area contributed by atoms with Crippen LogP contribution in [0, 0.1) is 3.57 Å². The molecule has 0 aliphatic carbocycles. The molecule has 0 unspecified atom stereocenters. The van der Waals surface area contributed by atoms with Crippen molar-refractivity contribution in [1.29, 1.82) is 0 Å². The lowest BCUT2D eigenvalue weighted by Gasteiger charge is -2.08. The van der Waals surface area contributed by atoms with Crippen molar-refractivity contribution < 1.29 is 4.74 Å². The maximum absolute atomic E-state index is 5.88. The van der Waals surface area contributed by atoms with Crippen molar-refractivity contribution in [2.75, 3.05) is 12.8 Å². The van der Waals surface area contributed by atoms with Gasteiger partial charge in [0.15, 0.2) is 5.82 Å². The van der Waals surface area contributed by atoms with E-state index in [1.807, 2.05) is 6.07 Å². The van der Waals surface area contributed by atoms with E-state index in [4.69, 9.17) is 10.5 Å². The van der Waals surface area contributed by atoms with Crippen molar-refractivity contribution in [1.82, 2.24) is 15.0 Å². The minimum absolute atomic E-state index is 0.402. The molecule has 0 aromatic carbocycles. The van der Waals surface area contributed by atoms with Gasteiger partial charge in [-0.05, 0) is 44.6 Å². The number of hydrogen-bond donors (Lipinski definition) is 1. The molecular weight excluding hydrogens is 411 g/mol. The molecule has 0 fully saturated rings. The SMILES string of the molecule is COCc1nc(-c2cncc(Br)c2)nc(N)c1I. The van der Waals surface area contributed by atoms with Gasteiger partial charge in [-0.1, -0.05) is 0 Å². The highest BCUT2D eigenvalue weighted by atomic mass is 127. The van der Waals surface area contributed by atoms with Crippen LogP contribution in [0.4, 0.5) is 5.82 Å². The molecule has 2 aromatic heterocycles. The van der Waals surface area contributed by atoms with E-state index in [2.05, 4.69) is 53.5 Å². The van der Waals surface area contributed by atoms with E-state index in [1.54, 1.807) is 19.5 Å². The number of ether oxygens (including phenoxy) is 1. The minimum Gasteiger partial charge on any atom is -0.383 e. The Balaban J connectivity index is 2.51. The summed E-state index contributed by atoms with van der Waals surface area (Å²) in [6.45, 7) is 0.402. The number of aromatic nitrogens is 3. The summed E-state index contributed by atoms with van der Waals surface area (Å²) in [4.78, 5) is 12.8. The van der Waals surface area contributed by atoms with Gasteiger partial charge in [0.1, 0.15) is 5.82 Å². The fourth-order valence-electron chi connectivity index (χ4n) is 1.41. The second kappa shape index (κ2) is 5.89. The van der Waals surface area contributed by atoms with Gasteiger partial charge in [-0.15, -0.1) is 0 Å². The number of nitrogens with two attached hydrogens (primary N) is 1. The van der Waals surface area contributed by atoms with Crippen LogP contribution in [0.5, 0.6) is 0 Å². The van der Waals surface area contributed by atoms with Gasteiger partial charge in [0.05, 0.1) is 15.9 Å². The topological polar surface area (TPSA) is 73.9 Å². The fourth-order valence-corrected chi connectivity index (χ4v) is 2.17. The van der Waals surface area contributed by atoms with Crippen LogP contribution in [-0.4, -0.2) is 22.1 Å². The van der Waals surface area contributed by atoms with Gasteiger partial charge in [0.2, 0.25) is 0 Å². The highest BCUT2D eigenvalue weighted by molar-refractivity contribution is 14.1. The van der Waals surface area contributed by atoms with Crippen LogP contribution in [0.3, 0.4) is 0 Å². The Morgan fingerprint density at radius 1 is 1.39 bits per heavy atom. The molecule has 0 bridgehead atoms. The molecule has 2 rings (SSSR count). The van der Waals surface area contributed by atoms with Gasteiger partial charge >= 0.3 is 0 Å². The molecule has 0 aliphatic heterocycles. The van der Waals surface area contributed by atoms with Crippen molar-refractivity contribution in [2.45, 2.75) is 6.61 Å². The summed E-state index contributed by atoms with van der Waals surface area (Å²) in [5.41, 5.74) is 7.47. The van der Waals surface area contributed by atoms with E-state index in [1.165, 1.54) is 0 Å². The predicted octanol–water partition coefficient (Wildman–Crippen LogP) is 2.63. The maximum Gasteiger partial charge on any atom is 0.163 e. The van der Waals surface area contributed by atoms with E-state index < -0.39 is 0 Å². The van der Waals surface area contributed by atoms with Crippen molar-refractivity contribution in [2.24, 2.45) is 0 Å². The summed E-state index contributed by atoms with van der Waals surface area (Å²) in [5.74, 6) is 1.00. The van der Waals surface area contributed by atoms with Gasteiger partial charge in [-0.25, -0.2) is 9.97 Å². The van der Waals surface area contributed by atoms with Crippen LogP contribution in [-0.2, 0) is 11.3 Å². The number of methoxy groups -OCH3 is 1.